The van der Waals surface area contributed by atoms with Crippen molar-refractivity contribution in [1.82, 2.24) is 15.1 Å². The smallest absolute Gasteiger partial charge is 0.193 e. The van der Waals surface area contributed by atoms with Crippen LogP contribution in [0.1, 0.15) is 12.0 Å². The van der Waals surface area contributed by atoms with Crippen molar-refractivity contribution in [1.29, 1.82) is 0 Å². The van der Waals surface area contributed by atoms with E-state index < -0.39 is 0 Å². The van der Waals surface area contributed by atoms with Gasteiger partial charge >= 0.3 is 0 Å². The number of rotatable bonds is 5. The number of aliphatic imine (C=N–C) groups is 1. The van der Waals surface area contributed by atoms with Gasteiger partial charge in [0, 0.05) is 27.2 Å². The number of hydrogen-bond acceptors (Lipinski definition) is 2. The molecular weight excluding hydrogens is 236 g/mol. The van der Waals surface area contributed by atoms with Crippen LogP contribution in [0.3, 0.4) is 0 Å². The summed E-state index contributed by atoms with van der Waals surface area (Å²) in [4.78, 5) is 9.14. The van der Waals surface area contributed by atoms with Gasteiger partial charge in [0.1, 0.15) is 0 Å². The number of nitrogens with zero attached hydrogens (tertiary/aromatic N) is 3. The maximum Gasteiger partial charge on any atom is 0.193 e. The summed E-state index contributed by atoms with van der Waals surface area (Å²) in [5.74, 6) is 0.962. The largest absolute Gasteiger partial charge is 0.355 e. The van der Waals surface area contributed by atoms with E-state index in [4.69, 9.17) is 0 Å². The molecule has 0 amide bonds. The summed E-state index contributed by atoms with van der Waals surface area (Å²) >= 11 is 0. The van der Waals surface area contributed by atoms with Crippen LogP contribution in [0.25, 0.3) is 0 Å². The van der Waals surface area contributed by atoms with Gasteiger partial charge in [-0.1, -0.05) is 30.3 Å². The van der Waals surface area contributed by atoms with Crippen molar-refractivity contribution in [2.24, 2.45) is 4.99 Å². The average Bonchev–Trinajstić information content (AvgIpc) is 2.36. The molecule has 0 atom stereocenters. The Morgan fingerprint density at radius 1 is 1.26 bits per heavy atom. The predicted octanol–water partition coefficient (Wildman–Crippen LogP) is 1.40. The molecule has 2 rings (SSSR count). The van der Waals surface area contributed by atoms with E-state index >= 15 is 0 Å². The molecule has 0 bridgehead atoms. The minimum Gasteiger partial charge on any atom is -0.355 e. The van der Waals surface area contributed by atoms with Crippen molar-refractivity contribution in [3.63, 3.8) is 0 Å². The third kappa shape index (κ3) is 4.56. The first kappa shape index (κ1) is 13.9. The van der Waals surface area contributed by atoms with E-state index in [0.29, 0.717) is 0 Å². The summed E-state index contributed by atoms with van der Waals surface area (Å²) in [6, 6.07) is 10.4. The Hall–Kier alpha value is -1.55. The minimum absolute atomic E-state index is 0.727. The molecule has 1 aliphatic heterocycles. The summed E-state index contributed by atoms with van der Waals surface area (Å²) in [7, 11) is 4.06. The molecule has 0 aliphatic carbocycles. The van der Waals surface area contributed by atoms with Crippen molar-refractivity contribution >= 4 is 5.96 Å². The Morgan fingerprint density at radius 2 is 2.00 bits per heavy atom. The Bertz CT molecular complexity index is 396. The van der Waals surface area contributed by atoms with Gasteiger partial charge < -0.3 is 15.1 Å². The number of guanidine groups is 1. The zero-order chi connectivity index (χ0) is 13.5. The molecule has 1 N–H and O–H groups in total. The van der Waals surface area contributed by atoms with Gasteiger partial charge in [0.25, 0.3) is 0 Å². The molecular formula is C15H24N4. The van der Waals surface area contributed by atoms with Crippen LogP contribution in [-0.2, 0) is 6.54 Å². The number of likely N-dealkylation sites (tertiary alicyclic amines) is 1. The predicted molar refractivity (Wildman–Crippen MR) is 80.3 cm³/mol. The number of nitrogens with one attached hydrogen (secondary N) is 1. The lowest BCUT2D eigenvalue weighted by molar-refractivity contribution is 0.184. The maximum atomic E-state index is 4.65. The van der Waals surface area contributed by atoms with Gasteiger partial charge in [-0.2, -0.15) is 0 Å². The lowest BCUT2D eigenvalue weighted by atomic mass is 10.2. The highest BCUT2D eigenvalue weighted by Crippen LogP contribution is 2.03. The first-order valence-corrected chi connectivity index (χ1v) is 6.97. The zero-order valence-electron chi connectivity index (χ0n) is 12.0. The first-order chi connectivity index (χ1) is 9.25. The van der Waals surface area contributed by atoms with Crippen LogP contribution in [0.5, 0.6) is 0 Å². The standard InChI is InChI=1S/C15H24N4/c1-18(2)15(16-9-12-19-10-6-11-19)17-13-14-7-4-3-5-8-14/h3-5,7-8H,6,9-13H2,1-2H3,(H,16,17). The van der Waals surface area contributed by atoms with Crippen LogP contribution >= 0.6 is 0 Å². The summed E-state index contributed by atoms with van der Waals surface area (Å²) in [6.07, 6.45) is 1.35. The summed E-state index contributed by atoms with van der Waals surface area (Å²) in [5.41, 5.74) is 1.24. The second-order valence-corrected chi connectivity index (χ2v) is 5.14. The topological polar surface area (TPSA) is 30.9 Å². The molecule has 4 heteroatoms. The fourth-order valence-corrected chi connectivity index (χ4v) is 2.04. The van der Waals surface area contributed by atoms with Crippen molar-refractivity contribution in [3.05, 3.63) is 35.9 Å². The van der Waals surface area contributed by atoms with E-state index in [-0.39, 0.29) is 0 Å². The molecule has 1 heterocycles. The van der Waals surface area contributed by atoms with Crippen LogP contribution < -0.4 is 5.32 Å². The molecule has 19 heavy (non-hydrogen) atoms. The highest BCUT2D eigenvalue weighted by Gasteiger charge is 2.12. The molecule has 1 aromatic carbocycles. The van der Waals surface area contributed by atoms with Crippen LogP contribution in [0.2, 0.25) is 0 Å². The molecule has 0 spiro atoms. The van der Waals surface area contributed by atoms with Gasteiger partial charge in [0.05, 0.1) is 6.54 Å². The minimum atomic E-state index is 0.727. The van der Waals surface area contributed by atoms with Gasteiger partial charge in [-0.15, -0.1) is 0 Å². The van der Waals surface area contributed by atoms with Gasteiger partial charge in [0.2, 0.25) is 0 Å². The third-order valence-corrected chi connectivity index (χ3v) is 3.34. The molecule has 4 nitrogen and oxygen atoms in total. The van der Waals surface area contributed by atoms with E-state index in [1.54, 1.807) is 0 Å². The average molecular weight is 260 g/mol. The summed E-state index contributed by atoms with van der Waals surface area (Å²) in [6.45, 7) is 5.30. The van der Waals surface area contributed by atoms with Crippen LogP contribution in [-0.4, -0.2) is 56.0 Å². The fourth-order valence-electron chi connectivity index (χ4n) is 2.04. The molecule has 1 fully saturated rings. The molecule has 1 saturated heterocycles. The van der Waals surface area contributed by atoms with Crippen molar-refractivity contribution in [2.45, 2.75) is 13.0 Å². The molecule has 104 valence electrons. The Balaban J connectivity index is 1.80. The van der Waals surface area contributed by atoms with E-state index in [1.165, 1.54) is 25.1 Å². The Labute approximate surface area is 116 Å². The van der Waals surface area contributed by atoms with E-state index in [9.17, 15) is 0 Å². The monoisotopic (exact) mass is 260 g/mol. The number of benzene rings is 1. The summed E-state index contributed by atoms with van der Waals surface area (Å²) < 4.78 is 0. The van der Waals surface area contributed by atoms with Gasteiger partial charge in [-0.05, 0) is 25.1 Å². The van der Waals surface area contributed by atoms with E-state index in [0.717, 1.165) is 25.6 Å². The second kappa shape index (κ2) is 7.14. The molecule has 1 aliphatic rings. The quantitative estimate of drug-likeness (QED) is 0.641. The molecule has 0 aromatic heterocycles. The van der Waals surface area contributed by atoms with E-state index in [2.05, 4.69) is 39.5 Å². The summed E-state index contributed by atoms with van der Waals surface area (Å²) in [5, 5.41) is 3.42. The van der Waals surface area contributed by atoms with Crippen molar-refractivity contribution < 1.29 is 0 Å². The van der Waals surface area contributed by atoms with Crippen LogP contribution in [0.4, 0.5) is 0 Å². The van der Waals surface area contributed by atoms with Gasteiger partial charge in [0.15, 0.2) is 5.96 Å². The Morgan fingerprint density at radius 3 is 2.58 bits per heavy atom. The van der Waals surface area contributed by atoms with Gasteiger partial charge in [-0.3, -0.25) is 0 Å². The number of hydrogen-bond donors (Lipinski definition) is 1. The first-order valence-electron chi connectivity index (χ1n) is 6.97. The Kier molecular flexibility index (Phi) is 5.21. The van der Waals surface area contributed by atoms with Gasteiger partial charge in [-0.25, -0.2) is 4.99 Å². The fraction of sp³-hybridized carbons (Fsp3) is 0.533. The highest BCUT2D eigenvalue weighted by atomic mass is 15.3. The lowest BCUT2D eigenvalue weighted by Crippen LogP contribution is -2.45. The maximum absolute atomic E-state index is 4.65. The highest BCUT2D eigenvalue weighted by molar-refractivity contribution is 5.79. The molecule has 1 aromatic rings. The molecule has 0 radical (unpaired) electrons. The van der Waals surface area contributed by atoms with Crippen LogP contribution in [0.15, 0.2) is 35.3 Å². The SMILES string of the molecule is CN(C)C(=NCc1ccccc1)NCCN1CCC1. The van der Waals surface area contributed by atoms with E-state index in [1.807, 2.05) is 25.1 Å². The van der Waals surface area contributed by atoms with Crippen LogP contribution in [0, 0.1) is 0 Å². The molecule has 0 unspecified atom stereocenters. The van der Waals surface area contributed by atoms with Crippen molar-refractivity contribution in [3.8, 4) is 0 Å². The second-order valence-electron chi connectivity index (χ2n) is 5.14. The normalized spacial score (nSPS) is 16.0. The third-order valence-electron chi connectivity index (χ3n) is 3.34. The lowest BCUT2D eigenvalue weighted by Gasteiger charge is -2.31. The zero-order valence-corrected chi connectivity index (χ0v) is 12.0. The molecule has 0 saturated carbocycles. The van der Waals surface area contributed by atoms with Crippen molar-refractivity contribution in [2.75, 3.05) is 40.3 Å².